The number of nitrogens with one attached hydrogen (secondary N) is 2. The van der Waals surface area contributed by atoms with E-state index < -0.39 is 0 Å². The van der Waals surface area contributed by atoms with E-state index in [0.29, 0.717) is 12.5 Å². The van der Waals surface area contributed by atoms with Crippen LogP contribution in [-0.2, 0) is 11.3 Å². The fourth-order valence-corrected chi connectivity index (χ4v) is 3.12. The highest BCUT2D eigenvalue weighted by Crippen LogP contribution is 2.21. The van der Waals surface area contributed by atoms with Crippen molar-refractivity contribution in [2.24, 2.45) is 0 Å². The largest absolute Gasteiger partial charge is 0.467 e. The average molecular weight is 379 g/mol. The molecule has 28 heavy (non-hydrogen) atoms. The number of hydrogen-bond acceptors (Lipinski definition) is 7. The third-order valence-corrected chi connectivity index (χ3v) is 4.63. The summed E-state index contributed by atoms with van der Waals surface area (Å²) in [6.07, 6.45) is 1.67. The van der Waals surface area contributed by atoms with Crippen molar-refractivity contribution < 1.29 is 9.15 Å². The molecule has 7 nitrogen and oxygen atoms in total. The summed E-state index contributed by atoms with van der Waals surface area (Å²) >= 11 is 0. The van der Waals surface area contributed by atoms with Crippen LogP contribution in [0.5, 0.6) is 0 Å². The lowest BCUT2D eigenvalue weighted by Gasteiger charge is -2.26. The summed E-state index contributed by atoms with van der Waals surface area (Å²) < 4.78 is 10.8. The molecule has 1 fully saturated rings. The predicted octanol–water partition coefficient (Wildman–Crippen LogP) is 3.09. The second kappa shape index (κ2) is 9.34. The Kier molecular flexibility index (Phi) is 6.16. The molecule has 0 radical (unpaired) electrons. The van der Waals surface area contributed by atoms with Gasteiger partial charge in [-0.2, -0.15) is 4.98 Å². The average Bonchev–Trinajstić information content (AvgIpc) is 3.27. The van der Waals surface area contributed by atoms with E-state index in [1.54, 1.807) is 6.26 Å². The van der Waals surface area contributed by atoms with Gasteiger partial charge in [-0.3, -0.25) is 4.90 Å². The number of anilines is 2. The second-order valence-corrected chi connectivity index (χ2v) is 6.64. The molecular weight excluding hydrogens is 354 g/mol. The number of aromatic nitrogens is 2. The topological polar surface area (TPSA) is 75.5 Å². The Balaban J connectivity index is 1.46. The van der Waals surface area contributed by atoms with Crippen molar-refractivity contribution in [3.63, 3.8) is 0 Å². The molecule has 3 aromatic rings. The number of ether oxygens (including phenoxy) is 1. The van der Waals surface area contributed by atoms with Crippen molar-refractivity contribution >= 4 is 11.8 Å². The third-order valence-electron chi connectivity index (χ3n) is 4.63. The lowest BCUT2D eigenvalue weighted by atomic mass is 10.1. The van der Waals surface area contributed by atoms with Gasteiger partial charge >= 0.3 is 0 Å². The van der Waals surface area contributed by atoms with Crippen LogP contribution in [-0.4, -0.2) is 54.3 Å². The Hall–Kier alpha value is -2.90. The molecule has 0 saturated carbocycles. The monoisotopic (exact) mass is 379 g/mol. The lowest BCUT2D eigenvalue weighted by molar-refractivity contribution is 0.0398. The normalized spacial score (nSPS) is 14.7. The molecular formula is C21H25N5O2. The smallest absolute Gasteiger partial charge is 0.225 e. The van der Waals surface area contributed by atoms with Crippen LogP contribution in [0.25, 0.3) is 11.3 Å². The van der Waals surface area contributed by atoms with E-state index in [2.05, 4.69) is 32.7 Å². The first kappa shape index (κ1) is 18.5. The first-order chi connectivity index (χ1) is 13.9. The van der Waals surface area contributed by atoms with Gasteiger partial charge < -0.3 is 19.8 Å². The SMILES string of the molecule is c1ccc(-c2cc(NCc3ccco3)nc(NCCN3CCOCC3)n2)cc1. The summed E-state index contributed by atoms with van der Waals surface area (Å²) in [7, 11) is 0. The molecule has 3 heterocycles. The highest BCUT2D eigenvalue weighted by Gasteiger charge is 2.11. The highest BCUT2D eigenvalue weighted by molar-refractivity contribution is 5.64. The fraction of sp³-hybridized carbons (Fsp3) is 0.333. The van der Waals surface area contributed by atoms with Crippen LogP contribution in [0.3, 0.4) is 0 Å². The van der Waals surface area contributed by atoms with Crippen molar-refractivity contribution in [1.82, 2.24) is 14.9 Å². The van der Waals surface area contributed by atoms with Crippen LogP contribution >= 0.6 is 0 Å². The van der Waals surface area contributed by atoms with Crippen LogP contribution in [0.1, 0.15) is 5.76 Å². The maximum atomic E-state index is 5.40. The van der Waals surface area contributed by atoms with Gasteiger partial charge in [0, 0.05) is 37.8 Å². The molecule has 0 bridgehead atoms. The zero-order valence-corrected chi connectivity index (χ0v) is 15.8. The minimum absolute atomic E-state index is 0.575. The molecule has 146 valence electrons. The zero-order chi connectivity index (χ0) is 19.0. The molecule has 1 saturated heterocycles. The van der Waals surface area contributed by atoms with Crippen molar-refractivity contribution in [1.29, 1.82) is 0 Å². The standard InChI is InChI=1S/C21H25N5O2/c1-2-5-17(6-3-1)19-15-20(23-16-18-7-4-12-28-18)25-21(24-19)22-8-9-26-10-13-27-14-11-26/h1-7,12,15H,8-11,13-14,16H2,(H2,22,23,24,25). The van der Waals surface area contributed by atoms with Crippen LogP contribution in [0.4, 0.5) is 11.8 Å². The fourth-order valence-electron chi connectivity index (χ4n) is 3.12. The van der Waals surface area contributed by atoms with Crippen molar-refractivity contribution in [2.75, 3.05) is 50.0 Å². The Morgan fingerprint density at radius 3 is 2.61 bits per heavy atom. The first-order valence-corrected chi connectivity index (χ1v) is 9.61. The number of furan rings is 1. The number of hydrogen-bond donors (Lipinski definition) is 2. The molecule has 0 atom stereocenters. The van der Waals surface area contributed by atoms with Gasteiger partial charge in [-0.1, -0.05) is 30.3 Å². The quantitative estimate of drug-likeness (QED) is 0.623. The van der Waals surface area contributed by atoms with Gasteiger partial charge in [0.25, 0.3) is 0 Å². The zero-order valence-electron chi connectivity index (χ0n) is 15.8. The molecule has 1 aromatic carbocycles. The van der Waals surface area contributed by atoms with Crippen molar-refractivity contribution in [3.8, 4) is 11.3 Å². The van der Waals surface area contributed by atoms with Gasteiger partial charge in [-0.05, 0) is 12.1 Å². The molecule has 2 N–H and O–H groups in total. The van der Waals surface area contributed by atoms with Gasteiger partial charge in [-0.25, -0.2) is 4.98 Å². The van der Waals surface area contributed by atoms with Crippen LogP contribution in [0.2, 0.25) is 0 Å². The van der Waals surface area contributed by atoms with E-state index in [4.69, 9.17) is 14.1 Å². The summed E-state index contributed by atoms with van der Waals surface area (Å²) in [4.78, 5) is 11.7. The Morgan fingerprint density at radius 2 is 1.82 bits per heavy atom. The molecule has 0 aliphatic carbocycles. The van der Waals surface area contributed by atoms with E-state index in [1.165, 1.54) is 0 Å². The minimum Gasteiger partial charge on any atom is -0.467 e. The van der Waals surface area contributed by atoms with Gasteiger partial charge in [-0.15, -0.1) is 0 Å². The molecule has 0 unspecified atom stereocenters. The lowest BCUT2D eigenvalue weighted by Crippen LogP contribution is -2.39. The summed E-state index contributed by atoms with van der Waals surface area (Å²) in [6, 6.07) is 15.9. The van der Waals surface area contributed by atoms with Crippen LogP contribution < -0.4 is 10.6 Å². The third kappa shape index (κ3) is 5.09. The van der Waals surface area contributed by atoms with Crippen molar-refractivity contribution in [3.05, 3.63) is 60.6 Å². The maximum absolute atomic E-state index is 5.40. The van der Waals surface area contributed by atoms with Gasteiger partial charge in [0.05, 0.1) is 31.7 Å². The number of rotatable bonds is 8. The summed E-state index contributed by atoms with van der Waals surface area (Å²) in [5, 5.41) is 6.69. The molecule has 1 aliphatic rings. The Bertz CT molecular complexity index is 848. The molecule has 4 rings (SSSR count). The van der Waals surface area contributed by atoms with E-state index >= 15 is 0 Å². The van der Waals surface area contributed by atoms with Crippen LogP contribution in [0, 0.1) is 0 Å². The van der Waals surface area contributed by atoms with Crippen LogP contribution in [0.15, 0.2) is 59.2 Å². The molecule has 0 amide bonds. The number of nitrogens with zero attached hydrogens (tertiary/aromatic N) is 3. The molecule has 7 heteroatoms. The summed E-state index contributed by atoms with van der Waals surface area (Å²) in [5.74, 6) is 2.25. The van der Waals surface area contributed by atoms with E-state index in [1.807, 2.05) is 36.4 Å². The second-order valence-electron chi connectivity index (χ2n) is 6.64. The van der Waals surface area contributed by atoms with E-state index in [0.717, 1.165) is 62.2 Å². The van der Waals surface area contributed by atoms with Gasteiger partial charge in [0.15, 0.2) is 0 Å². The number of benzene rings is 1. The van der Waals surface area contributed by atoms with E-state index in [9.17, 15) is 0 Å². The Morgan fingerprint density at radius 1 is 0.964 bits per heavy atom. The molecule has 0 spiro atoms. The van der Waals surface area contributed by atoms with E-state index in [-0.39, 0.29) is 0 Å². The van der Waals surface area contributed by atoms with Gasteiger partial charge in [0.1, 0.15) is 11.6 Å². The number of morpholine rings is 1. The summed E-state index contributed by atoms with van der Waals surface area (Å²) in [5.41, 5.74) is 1.94. The molecule has 1 aliphatic heterocycles. The predicted molar refractivity (Wildman–Crippen MR) is 109 cm³/mol. The van der Waals surface area contributed by atoms with Crippen molar-refractivity contribution in [2.45, 2.75) is 6.54 Å². The maximum Gasteiger partial charge on any atom is 0.225 e. The minimum atomic E-state index is 0.575. The van der Waals surface area contributed by atoms with Gasteiger partial charge in [0.2, 0.25) is 5.95 Å². The Labute approximate surface area is 164 Å². The first-order valence-electron chi connectivity index (χ1n) is 9.61. The summed E-state index contributed by atoms with van der Waals surface area (Å²) in [6.45, 7) is 5.87. The molecule has 2 aromatic heterocycles. The highest BCUT2D eigenvalue weighted by atomic mass is 16.5.